The summed E-state index contributed by atoms with van der Waals surface area (Å²) in [5.74, 6) is 1.61. The van der Waals surface area contributed by atoms with E-state index in [1.54, 1.807) is 6.20 Å². The Kier molecular flexibility index (Phi) is 2.14. The third kappa shape index (κ3) is 1.78. The third-order valence-corrected chi connectivity index (χ3v) is 2.05. The average molecular weight is 239 g/mol. The molecule has 0 N–H and O–H groups in total. The van der Waals surface area contributed by atoms with Crippen LogP contribution in [0.25, 0.3) is 11.5 Å². The number of aryl methyl sites for hydroxylation is 1. The van der Waals surface area contributed by atoms with Gasteiger partial charge >= 0.3 is 0 Å². The molecule has 0 aliphatic heterocycles. The van der Waals surface area contributed by atoms with Gasteiger partial charge in [0.2, 0.25) is 0 Å². The average Bonchev–Trinajstić information content (AvgIpc) is 2.52. The lowest BCUT2D eigenvalue weighted by Gasteiger charge is -1.94. The summed E-state index contributed by atoms with van der Waals surface area (Å²) in [5.41, 5.74) is 0.738. The number of hydrogen-bond donors (Lipinski definition) is 0. The highest BCUT2D eigenvalue weighted by Crippen LogP contribution is 2.21. The second kappa shape index (κ2) is 3.30. The minimum absolute atomic E-state index is 0.738. The molecule has 2 aromatic heterocycles. The highest BCUT2D eigenvalue weighted by atomic mass is 79.9. The first-order valence-electron chi connectivity index (χ1n) is 3.81. The van der Waals surface area contributed by atoms with Gasteiger partial charge in [0.25, 0.3) is 0 Å². The molecule has 4 heteroatoms. The van der Waals surface area contributed by atoms with E-state index in [-0.39, 0.29) is 0 Å². The molecular weight excluding hydrogens is 232 g/mol. The van der Waals surface area contributed by atoms with E-state index < -0.39 is 0 Å². The van der Waals surface area contributed by atoms with Crippen LogP contribution in [0.1, 0.15) is 5.76 Å². The molecule has 13 heavy (non-hydrogen) atoms. The fourth-order valence-electron chi connectivity index (χ4n) is 1.04. The summed E-state index contributed by atoms with van der Waals surface area (Å²) in [6.45, 7) is 1.90. The van der Waals surface area contributed by atoms with E-state index in [1.807, 2.05) is 25.1 Å². The van der Waals surface area contributed by atoms with Crippen LogP contribution in [0.4, 0.5) is 0 Å². The topological polar surface area (TPSA) is 38.9 Å². The Balaban J connectivity index is 2.46. The summed E-state index contributed by atoms with van der Waals surface area (Å²) >= 11 is 3.32. The molecule has 0 saturated heterocycles. The molecule has 3 nitrogen and oxygen atoms in total. The van der Waals surface area contributed by atoms with Crippen LogP contribution >= 0.6 is 15.9 Å². The maximum absolute atomic E-state index is 5.40. The highest BCUT2D eigenvalue weighted by molar-refractivity contribution is 9.10. The minimum Gasteiger partial charge on any atom is -0.460 e. The molecule has 2 heterocycles. The maximum atomic E-state index is 5.40. The Morgan fingerprint density at radius 2 is 2.23 bits per heavy atom. The van der Waals surface area contributed by atoms with Crippen LogP contribution in [0.15, 0.2) is 33.3 Å². The highest BCUT2D eigenvalue weighted by Gasteiger charge is 2.04. The van der Waals surface area contributed by atoms with E-state index in [1.165, 1.54) is 0 Å². The Bertz CT molecular complexity index is 425. The minimum atomic E-state index is 0.738. The van der Waals surface area contributed by atoms with Crippen LogP contribution in [-0.4, -0.2) is 10.2 Å². The van der Waals surface area contributed by atoms with Crippen molar-refractivity contribution in [1.29, 1.82) is 0 Å². The van der Waals surface area contributed by atoms with Gasteiger partial charge in [-0.15, -0.1) is 5.10 Å². The summed E-state index contributed by atoms with van der Waals surface area (Å²) in [4.78, 5) is 0. The monoisotopic (exact) mass is 238 g/mol. The van der Waals surface area contributed by atoms with Crippen molar-refractivity contribution in [3.63, 3.8) is 0 Å². The number of nitrogens with zero attached hydrogens (tertiary/aromatic N) is 2. The molecule has 0 atom stereocenters. The molecule has 0 aromatic carbocycles. The summed E-state index contributed by atoms with van der Waals surface area (Å²) < 4.78 is 6.30. The molecule has 0 radical (unpaired) electrons. The van der Waals surface area contributed by atoms with Gasteiger partial charge in [0, 0.05) is 4.47 Å². The number of rotatable bonds is 1. The summed E-state index contributed by atoms with van der Waals surface area (Å²) in [6.07, 6.45) is 1.64. The van der Waals surface area contributed by atoms with Crippen molar-refractivity contribution >= 4 is 15.9 Å². The zero-order valence-electron chi connectivity index (χ0n) is 6.99. The number of aromatic nitrogens is 2. The molecule has 0 fully saturated rings. The van der Waals surface area contributed by atoms with E-state index >= 15 is 0 Å². The summed E-state index contributed by atoms with van der Waals surface area (Å²) in [7, 11) is 0. The van der Waals surface area contributed by atoms with E-state index in [4.69, 9.17) is 4.42 Å². The third-order valence-electron chi connectivity index (χ3n) is 1.61. The van der Waals surface area contributed by atoms with Gasteiger partial charge in [-0.3, -0.25) is 0 Å². The van der Waals surface area contributed by atoms with Crippen molar-refractivity contribution in [2.45, 2.75) is 6.92 Å². The molecule has 2 aromatic rings. The lowest BCUT2D eigenvalue weighted by Crippen LogP contribution is -1.84. The largest absolute Gasteiger partial charge is 0.460 e. The fourth-order valence-corrected chi connectivity index (χ4v) is 1.34. The zero-order valence-corrected chi connectivity index (χ0v) is 8.58. The Morgan fingerprint density at radius 1 is 1.38 bits per heavy atom. The van der Waals surface area contributed by atoms with E-state index in [9.17, 15) is 0 Å². The van der Waals surface area contributed by atoms with E-state index in [0.717, 1.165) is 21.7 Å². The van der Waals surface area contributed by atoms with Gasteiger partial charge in [-0.2, -0.15) is 5.10 Å². The second-order valence-corrected chi connectivity index (χ2v) is 3.59. The first-order chi connectivity index (χ1) is 6.25. The zero-order chi connectivity index (χ0) is 9.26. The molecule has 0 unspecified atom stereocenters. The predicted octanol–water partition coefficient (Wildman–Crippen LogP) is 2.81. The van der Waals surface area contributed by atoms with Gasteiger partial charge in [-0.1, -0.05) is 0 Å². The fraction of sp³-hybridized carbons (Fsp3) is 0.111. The van der Waals surface area contributed by atoms with Crippen LogP contribution in [-0.2, 0) is 0 Å². The SMILES string of the molecule is Cc1ccc(-c2cc(Br)cnn2)o1. The first kappa shape index (κ1) is 8.44. The van der Waals surface area contributed by atoms with Gasteiger partial charge < -0.3 is 4.42 Å². The lowest BCUT2D eigenvalue weighted by atomic mass is 10.3. The second-order valence-electron chi connectivity index (χ2n) is 2.67. The molecule has 0 saturated carbocycles. The summed E-state index contributed by atoms with van der Waals surface area (Å²) in [5, 5.41) is 7.76. The van der Waals surface area contributed by atoms with Crippen LogP contribution in [0.2, 0.25) is 0 Å². The molecule has 0 spiro atoms. The van der Waals surface area contributed by atoms with Crippen LogP contribution in [0.3, 0.4) is 0 Å². The molecule has 0 aliphatic carbocycles. The molecule has 2 rings (SSSR count). The van der Waals surface area contributed by atoms with Crippen molar-refractivity contribution in [2.24, 2.45) is 0 Å². The van der Waals surface area contributed by atoms with Crippen molar-refractivity contribution in [2.75, 3.05) is 0 Å². The van der Waals surface area contributed by atoms with Crippen molar-refractivity contribution in [3.8, 4) is 11.5 Å². The van der Waals surface area contributed by atoms with Gasteiger partial charge in [0.05, 0.1) is 6.20 Å². The van der Waals surface area contributed by atoms with E-state index in [0.29, 0.717) is 0 Å². The van der Waals surface area contributed by atoms with Crippen molar-refractivity contribution < 1.29 is 4.42 Å². The van der Waals surface area contributed by atoms with Crippen molar-refractivity contribution in [1.82, 2.24) is 10.2 Å². The van der Waals surface area contributed by atoms with Crippen LogP contribution < -0.4 is 0 Å². The molecule has 0 aliphatic rings. The Morgan fingerprint density at radius 3 is 2.85 bits per heavy atom. The molecular formula is C9H7BrN2O. The predicted molar refractivity (Wildman–Crippen MR) is 52.2 cm³/mol. The standard InChI is InChI=1S/C9H7BrN2O/c1-6-2-3-9(13-6)8-4-7(10)5-11-12-8/h2-5H,1H3. The van der Waals surface area contributed by atoms with Gasteiger partial charge in [-0.05, 0) is 41.1 Å². The van der Waals surface area contributed by atoms with Crippen LogP contribution in [0.5, 0.6) is 0 Å². The number of hydrogen-bond acceptors (Lipinski definition) is 3. The smallest absolute Gasteiger partial charge is 0.154 e. The van der Waals surface area contributed by atoms with Gasteiger partial charge in [0.1, 0.15) is 11.5 Å². The number of furan rings is 1. The summed E-state index contributed by atoms with van der Waals surface area (Å²) in [6, 6.07) is 5.65. The number of halogens is 1. The van der Waals surface area contributed by atoms with Crippen LogP contribution in [0, 0.1) is 6.92 Å². The maximum Gasteiger partial charge on any atom is 0.154 e. The molecule has 0 amide bonds. The van der Waals surface area contributed by atoms with E-state index in [2.05, 4.69) is 26.1 Å². The van der Waals surface area contributed by atoms with Crippen molar-refractivity contribution in [3.05, 3.63) is 34.6 Å². The Labute approximate surface area is 83.9 Å². The molecule has 0 bridgehead atoms. The normalized spacial score (nSPS) is 10.3. The Hall–Kier alpha value is -1.16. The quantitative estimate of drug-likeness (QED) is 0.767. The molecule has 66 valence electrons. The lowest BCUT2D eigenvalue weighted by molar-refractivity contribution is 0.545. The van der Waals surface area contributed by atoms with Gasteiger partial charge in [0.15, 0.2) is 5.76 Å². The van der Waals surface area contributed by atoms with Gasteiger partial charge in [-0.25, -0.2) is 0 Å². The first-order valence-corrected chi connectivity index (χ1v) is 4.60.